The molecule has 1 saturated carbocycles. The predicted octanol–water partition coefficient (Wildman–Crippen LogP) is 1.29. The Hall–Kier alpha value is -2.03. The fourth-order valence-electron chi connectivity index (χ4n) is 2.64. The first-order valence-corrected chi connectivity index (χ1v) is 7.33. The maximum atomic E-state index is 10.8. The van der Waals surface area contributed by atoms with E-state index in [0.717, 1.165) is 0 Å². The molecule has 1 aromatic carbocycles. The smallest absolute Gasteiger partial charge is 0.303 e. The first-order chi connectivity index (χ1) is 10.6. The molecule has 4 atom stereocenters. The van der Waals surface area contributed by atoms with Gasteiger partial charge in [-0.05, 0) is 25.0 Å². The van der Waals surface area contributed by atoms with Crippen molar-refractivity contribution in [3.63, 3.8) is 0 Å². The van der Waals surface area contributed by atoms with Crippen molar-refractivity contribution in [3.8, 4) is 17.6 Å². The van der Waals surface area contributed by atoms with Crippen LogP contribution in [0.3, 0.4) is 0 Å². The lowest BCUT2D eigenvalue weighted by molar-refractivity contribution is -0.139. The molecule has 22 heavy (non-hydrogen) atoms. The molecule has 0 spiro atoms. The molecule has 0 bridgehead atoms. The lowest BCUT2D eigenvalue weighted by atomic mass is 9.92. The second-order valence-corrected chi connectivity index (χ2v) is 5.44. The third kappa shape index (κ3) is 4.76. The van der Waals surface area contributed by atoms with Crippen LogP contribution >= 0.6 is 0 Å². The Bertz CT molecular complexity index is 545. The number of hydrogen-bond acceptors (Lipinski definition) is 4. The van der Waals surface area contributed by atoms with Gasteiger partial charge < -0.3 is 20.1 Å². The van der Waals surface area contributed by atoms with Crippen molar-refractivity contribution in [1.82, 2.24) is 0 Å². The standard InChI is InChI=1S/C17H20O5/c18-13(11-22-14-4-2-1-3-5-14)8-6-12-7-9-16(19)15(12)10-17(20)21/h1-5,12-13,15-16,18-19H,7,9-11H2,(H,20,21)/t12-,13?,15+,16-/m0/s1. The van der Waals surface area contributed by atoms with Gasteiger partial charge in [0.2, 0.25) is 0 Å². The minimum atomic E-state index is -0.941. The largest absolute Gasteiger partial charge is 0.490 e. The summed E-state index contributed by atoms with van der Waals surface area (Å²) < 4.78 is 5.40. The van der Waals surface area contributed by atoms with Crippen LogP contribution in [0.4, 0.5) is 0 Å². The lowest BCUT2D eigenvalue weighted by Gasteiger charge is -2.15. The molecule has 0 radical (unpaired) electrons. The minimum absolute atomic E-state index is 0.0515. The number of carbonyl (C=O) groups is 1. The van der Waals surface area contributed by atoms with Crippen molar-refractivity contribution in [2.24, 2.45) is 11.8 Å². The van der Waals surface area contributed by atoms with Crippen LogP contribution in [0, 0.1) is 23.7 Å². The number of carboxylic acid groups (broad SMARTS) is 1. The number of aliphatic carboxylic acids is 1. The van der Waals surface area contributed by atoms with Crippen LogP contribution in [0.2, 0.25) is 0 Å². The maximum Gasteiger partial charge on any atom is 0.303 e. The van der Waals surface area contributed by atoms with E-state index in [2.05, 4.69) is 11.8 Å². The molecule has 1 aliphatic rings. The zero-order valence-electron chi connectivity index (χ0n) is 12.2. The monoisotopic (exact) mass is 304 g/mol. The summed E-state index contributed by atoms with van der Waals surface area (Å²) in [5, 5.41) is 28.5. The molecule has 5 heteroatoms. The van der Waals surface area contributed by atoms with Crippen LogP contribution in [-0.4, -0.2) is 40.1 Å². The lowest BCUT2D eigenvalue weighted by Crippen LogP contribution is -2.22. The van der Waals surface area contributed by atoms with Crippen LogP contribution in [0.15, 0.2) is 30.3 Å². The summed E-state index contributed by atoms with van der Waals surface area (Å²) in [5.41, 5.74) is 0. The highest BCUT2D eigenvalue weighted by molar-refractivity contribution is 5.67. The molecule has 0 aromatic heterocycles. The van der Waals surface area contributed by atoms with Gasteiger partial charge >= 0.3 is 5.97 Å². The molecule has 0 aliphatic heterocycles. The highest BCUT2D eigenvalue weighted by Gasteiger charge is 2.35. The summed E-state index contributed by atoms with van der Waals surface area (Å²) in [5.74, 6) is 4.75. The summed E-state index contributed by atoms with van der Waals surface area (Å²) in [6.45, 7) is 0.0515. The molecule has 0 amide bonds. The number of rotatable bonds is 5. The zero-order chi connectivity index (χ0) is 15.9. The third-order valence-corrected chi connectivity index (χ3v) is 3.78. The number of ether oxygens (including phenoxy) is 1. The van der Waals surface area contributed by atoms with Crippen molar-refractivity contribution in [1.29, 1.82) is 0 Å². The third-order valence-electron chi connectivity index (χ3n) is 3.78. The van der Waals surface area contributed by atoms with Crippen molar-refractivity contribution in [2.45, 2.75) is 31.5 Å². The van der Waals surface area contributed by atoms with Crippen LogP contribution in [0.25, 0.3) is 0 Å². The van der Waals surface area contributed by atoms with E-state index in [1.165, 1.54) is 0 Å². The second-order valence-electron chi connectivity index (χ2n) is 5.44. The normalized spacial score (nSPS) is 25.1. The Morgan fingerprint density at radius 3 is 2.73 bits per heavy atom. The molecule has 2 rings (SSSR count). The number of aliphatic hydroxyl groups excluding tert-OH is 2. The summed E-state index contributed by atoms with van der Waals surface area (Å²) in [6, 6.07) is 9.12. The van der Waals surface area contributed by atoms with Gasteiger partial charge in [0.1, 0.15) is 18.5 Å². The molecule has 1 aromatic rings. The van der Waals surface area contributed by atoms with Crippen molar-refractivity contribution in [2.75, 3.05) is 6.61 Å². The Morgan fingerprint density at radius 1 is 1.32 bits per heavy atom. The fraction of sp³-hybridized carbons (Fsp3) is 0.471. The molecule has 1 aliphatic carbocycles. The minimum Gasteiger partial charge on any atom is -0.490 e. The van der Waals surface area contributed by atoms with E-state index >= 15 is 0 Å². The summed E-state index contributed by atoms with van der Waals surface area (Å²) in [4.78, 5) is 10.8. The molecule has 5 nitrogen and oxygen atoms in total. The number of benzene rings is 1. The molecular formula is C17H20O5. The van der Waals surface area contributed by atoms with E-state index in [1.807, 2.05) is 18.2 Å². The van der Waals surface area contributed by atoms with E-state index < -0.39 is 18.2 Å². The molecule has 118 valence electrons. The van der Waals surface area contributed by atoms with Gasteiger partial charge in [-0.15, -0.1) is 0 Å². The van der Waals surface area contributed by atoms with Gasteiger partial charge in [-0.2, -0.15) is 0 Å². The van der Waals surface area contributed by atoms with E-state index in [-0.39, 0.29) is 24.9 Å². The van der Waals surface area contributed by atoms with Crippen LogP contribution in [-0.2, 0) is 4.79 Å². The van der Waals surface area contributed by atoms with Gasteiger partial charge in [0.25, 0.3) is 0 Å². The Labute approximate surface area is 129 Å². The average Bonchev–Trinajstić information content (AvgIpc) is 2.84. The highest BCUT2D eigenvalue weighted by Crippen LogP contribution is 2.34. The topological polar surface area (TPSA) is 87.0 Å². The zero-order valence-corrected chi connectivity index (χ0v) is 12.2. The van der Waals surface area contributed by atoms with E-state index in [0.29, 0.717) is 18.6 Å². The summed E-state index contributed by atoms with van der Waals surface area (Å²) in [6.07, 6.45) is -0.472. The number of carboxylic acids is 1. The van der Waals surface area contributed by atoms with E-state index in [4.69, 9.17) is 9.84 Å². The van der Waals surface area contributed by atoms with Gasteiger partial charge in [-0.25, -0.2) is 0 Å². The predicted molar refractivity (Wildman–Crippen MR) is 80.2 cm³/mol. The van der Waals surface area contributed by atoms with Crippen molar-refractivity contribution in [3.05, 3.63) is 30.3 Å². The highest BCUT2D eigenvalue weighted by atomic mass is 16.5. The Balaban J connectivity index is 1.87. The SMILES string of the molecule is O=C(O)C[C@H]1[C@@H](O)CC[C@@H]1C#CC(O)COc1ccccc1. The van der Waals surface area contributed by atoms with Crippen LogP contribution in [0.1, 0.15) is 19.3 Å². The molecule has 1 unspecified atom stereocenters. The second kappa shape index (κ2) is 7.83. The fourth-order valence-corrected chi connectivity index (χ4v) is 2.64. The van der Waals surface area contributed by atoms with Crippen molar-refractivity contribution < 1.29 is 24.9 Å². The van der Waals surface area contributed by atoms with Gasteiger partial charge in [0.15, 0.2) is 0 Å². The average molecular weight is 304 g/mol. The van der Waals surface area contributed by atoms with E-state index in [9.17, 15) is 15.0 Å². The van der Waals surface area contributed by atoms with Crippen molar-refractivity contribution >= 4 is 5.97 Å². The quantitative estimate of drug-likeness (QED) is 0.714. The van der Waals surface area contributed by atoms with Crippen LogP contribution < -0.4 is 4.74 Å². The van der Waals surface area contributed by atoms with Gasteiger partial charge in [-0.3, -0.25) is 4.79 Å². The molecule has 1 fully saturated rings. The maximum absolute atomic E-state index is 10.8. The Kier molecular flexibility index (Phi) is 5.82. The van der Waals surface area contributed by atoms with Crippen LogP contribution in [0.5, 0.6) is 5.75 Å². The summed E-state index contributed by atoms with van der Waals surface area (Å²) in [7, 11) is 0. The Morgan fingerprint density at radius 2 is 2.05 bits per heavy atom. The molecule has 0 saturated heterocycles. The number of para-hydroxylation sites is 1. The molecular weight excluding hydrogens is 284 g/mol. The molecule has 3 N–H and O–H groups in total. The number of hydrogen-bond donors (Lipinski definition) is 3. The van der Waals surface area contributed by atoms with Gasteiger partial charge in [0.05, 0.1) is 12.5 Å². The van der Waals surface area contributed by atoms with Gasteiger partial charge in [0, 0.05) is 11.8 Å². The number of aliphatic hydroxyl groups is 2. The molecule has 0 heterocycles. The van der Waals surface area contributed by atoms with E-state index in [1.54, 1.807) is 12.1 Å². The first-order valence-electron chi connectivity index (χ1n) is 7.33. The van der Waals surface area contributed by atoms with Gasteiger partial charge in [-0.1, -0.05) is 30.0 Å². The summed E-state index contributed by atoms with van der Waals surface area (Å²) >= 11 is 0. The first kappa shape index (κ1) is 16.3.